The first kappa shape index (κ1) is 14.5. The third kappa shape index (κ3) is 3.35. The fourth-order valence-electron chi connectivity index (χ4n) is 2.40. The molecule has 3 heteroatoms. The molecule has 0 spiro atoms. The molecule has 0 aliphatic heterocycles. The van der Waals surface area contributed by atoms with Crippen LogP contribution in [-0.4, -0.2) is 28.9 Å². The number of hydrogen-bond acceptors (Lipinski definition) is 2. The van der Waals surface area contributed by atoms with E-state index in [0.717, 1.165) is 29.7 Å². The van der Waals surface area contributed by atoms with E-state index in [9.17, 15) is 4.79 Å². The Morgan fingerprint density at radius 3 is 2.60 bits per heavy atom. The highest BCUT2D eigenvalue weighted by Gasteiger charge is 2.09. The molecule has 0 N–H and O–H groups in total. The molecule has 0 radical (unpaired) electrons. The van der Waals surface area contributed by atoms with Gasteiger partial charge in [-0.3, -0.25) is 9.78 Å². The van der Waals surface area contributed by atoms with Gasteiger partial charge in [-0.05, 0) is 45.4 Å². The zero-order chi connectivity index (χ0) is 14.5. The van der Waals surface area contributed by atoms with E-state index in [1.54, 1.807) is 0 Å². The Morgan fingerprint density at radius 1 is 1.15 bits per heavy atom. The van der Waals surface area contributed by atoms with Crippen molar-refractivity contribution in [3.05, 3.63) is 41.6 Å². The summed E-state index contributed by atoms with van der Waals surface area (Å²) in [6.07, 6.45) is 1.24. The molecule has 1 amide bonds. The van der Waals surface area contributed by atoms with Crippen LogP contribution in [-0.2, 0) is 11.2 Å². The summed E-state index contributed by atoms with van der Waals surface area (Å²) in [5, 5.41) is 1.16. The zero-order valence-corrected chi connectivity index (χ0v) is 12.5. The molecule has 2 rings (SSSR count). The summed E-state index contributed by atoms with van der Waals surface area (Å²) in [6, 6.07) is 10.4. The Labute approximate surface area is 120 Å². The fourth-order valence-corrected chi connectivity index (χ4v) is 2.40. The second kappa shape index (κ2) is 6.51. The van der Waals surface area contributed by atoms with Gasteiger partial charge >= 0.3 is 0 Å². The van der Waals surface area contributed by atoms with Crippen molar-refractivity contribution in [2.45, 2.75) is 33.6 Å². The summed E-state index contributed by atoms with van der Waals surface area (Å²) in [4.78, 5) is 18.5. The average molecular weight is 270 g/mol. The zero-order valence-electron chi connectivity index (χ0n) is 12.5. The molecule has 3 nitrogen and oxygen atoms in total. The van der Waals surface area contributed by atoms with Crippen molar-refractivity contribution in [3.63, 3.8) is 0 Å². The van der Waals surface area contributed by atoms with Crippen LogP contribution in [0.4, 0.5) is 0 Å². The van der Waals surface area contributed by atoms with Crippen LogP contribution < -0.4 is 0 Å². The van der Waals surface area contributed by atoms with Crippen LogP contribution in [0.5, 0.6) is 0 Å². The van der Waals surface area contributed by atoms with Gasteiger partial charge in [-0.2, -0.15) is 0 Å². The van der Waals surface area contributed by atoms with Crippen molar-refractivity contribution < 1.29 is 4.79 Å². The molecule has 0 unspecified atom stereocenters. The normalized spacial score (nSPS) is 10.8. The number of nitrogens with zero attached hydrogens (tertiary/aromatic N) is 2. The van der Waals surface area contributed by atoms with Crippen molar-refractivity contribution in [1.29, 1.82) is 0 Å². The molecule has 0 aliphatic carbocycles. The van der Waals surface area contributed by atoms with Gasteiger partial charge in [0.2, 0.25) is 5.91 Å². The molecule has 0 fully saturated rings. The summed E-state index contributed by atoms with van der Waals surface area (Å²) in [7, 11) is 0. The number of aromatic nitrogens is 1. The highest BCUT2D eigenvalue weighted by Crippen LogP contribution is 2.15. The predicted molar refractivity (Wildman–Crippen MR) is 82.7 cm³/mol. The van der Waals surface area contributed by atoms with Crippen molar-refractivity contribution >= 4 is 16.8 Å². The lowest BCUT2D eigenvalue weighted by atomic mass is 10.1. The highest BCUT2D eigenvalue weighted by atomic mass is 16.2. The third-order valence-electron chi connectivity index (χ3n) is 3.61. The summed E-state index contributed by atoms with van der Waals surface area (Å²) < 4.78 is 0. The van der Waals surface area contributed by atoms with Crippen LogP contribution in [0, 0.1) is 6.92 Å². The molecule has 2 aromatic rings. The summed E-state index contributed by atoms with van der Waals surface area (Å²) in [5.41, 5.74) is 3.23. The van der Waals surface area contributed by atoms with Crippen LogP contribution in [0.15, 0.2) is 30.3 Å². The molecule has 20 heavy (non-hydrogen) atoms. The molecule has 0 aliphatic rings. The number of amides is 1. The number of pyridine rings is 1. The minimum Gasteiger partial charge on any atom is -0.343 e. The fraction of sp³-hybridized carbons (Fsp3) is 0.412. The maximum Gasteiger partial charge on any atom is 0.222 e. The first-order valence-corrected chi connectivity index (χ1v) is 7.28. The van der Waals surface area contributed by atoms with E-state index < -0.39 is 0 Å². The summed E-state index contributed by atoms with van der Waals surface area (Å²) in [5.74, 6) is 0.209. The van der Waals surface area contributed by atoms with E-state index in [4.69, 9.17) is 0 Å². The smallest absolute Gasteiger partial charge is 0.222 e. The molecule has 1 heterocycles. The first-order chi connectivity index (χ1) is 9.63. The van der Waals surface area contributed by atoms with Gasteiger partial charge in [-0.15, -0.1) is 0 Å². The SMILES string of the molecule is CCN(CC)C(=O)CCc1ccc2cc(C)ccc2n1. The maximum absolute atomic E-state index is 12.0. The molecular formula is C17H22N2O. The maximum atomic E-state index is 12.0. The molecule has 1 aromatic heterocycles. The monoisotopic (exact) mass is 270 g/mol. The lowest BCUT2D eigenvalue weighted by Crippen LogP contribution is -2.30. The van der Waals surface area contributed by atoms with Gasteiger partial charge in [-0.25, -0.2) is 0 Å². The van der Waals surface area contributed by atoms with Crippen LogP contribution in [0.25, 0.3) is 10.9 Å². The van der Waals surface area contributed by atoms with Crippen LogP contribution >= 0.6 is 0 Å². The number of benzene rings is 1. The number of hydrogen-bond donors (Lipinski definition) is 0. The minimum absolute atomic E-state index is 0.209. The van der Waals surface area contributed by atoms with Gasteiger partial charge in [0.15, 0.2) is 0 Å². The van der Waals surface area contributed by atoms with Crippen molar-refractivity contribution in [2.24, 2.45) is 0 Å². The highest BCUT2D eigenvalue weighted by molar-refractivity contribution is 5.79. The Hall–Kier alpha value is -1.90. The van der Waals surface area contributed by atoms with Crippen LogP contribution in [0.1, 0.15) is 31.5 Å². The molecule has 106 valence electrons. The summed E-state index contributed by atoms with van der Waals surface area (Å²) in [6.45, 7) is 7.66. The van der Waals surface area contributed by atoms with Crippen molar-refractivity contribution in [2.75, 3.05) is 13.1 Å². The van der Waals surface area contributed by atoms with E-state index in [2.05, 4.69) is 30.1 Å². The Balaban J connectivity index is 2.07. The largest absolute Gasteiger partial charge is 0.343 e. The lowest BCUT2D eigenvalue weighted by molar-refractivity contribution is -0.130. The first-order valence-electron chi connectivity index (χ1n) is 7.28. The minimum atomic E-state index is 0.209. The van der Waals surface area contributed by atoms with Gasteiger partial charge in [-0.1, -0.05) is 17.7 Å². The molecular weight excluding hydrogens is 248 g/mol. The molecule has 0 saturated carbocycles. The second-order valence-corrected chi connectivity index (χ2v) is 5.06. The summed E-state index contributed by atoms with van der Waals surface area (Å²) >= 11 is 0. The second-order valence-electron chi connectivity index (χ2n) is 5.06. The van der Waals surface area contributed by atoms with Crippen LogP contribution in [0.2, 0.25) is 0 Å². The lowest BCUT2D eigenvalue weighted by Gasteiger charge is -2.18. The average Bonchev–Trinajstić information content (AvgIpc) is 2.46. The van der Waals surface area contributed by atoms with Gasteiger partial charge < -0.3 is 4.90 Å². The standard InChI is InChI=1S/C17H22N2O/c1-4-19(5-2)17(20)11-9-15-8-7-14-12-13(3)6-10-16(14)18-15/h6-8,10,12H,4-5,9,11H2,1-3H3. The van der Waals surface area contributed by atoms with E-state index in [-0.39, 0.29) is 5.91 Å². The molecule has 0 saturated heterocycles. The Bertz CT molecular complexity index is 603. The molecule has 0 bridgehead atoms. The topological polar surface area (TPSA) is 33.2 Å². The van der Waals surface area contributed by atoms with E-state index in [0.29, 0.717) is 12.8 Å². The van der Waals surface area contributed by atoms with E-state index in [1.807, 2.05) is 30.9 Å². The quantitative estimate of drug-likeness (QED) is 0.835. The number of carbonyl (C=O) groups is 1. The number of aryl methyl sites for hydroxylation is 2. The van der Waals surface area contributed by atoms with E-state index >= 15 is 0 Å². The van der Waals surface area contributed by atoms with Crippen molar-refractivity contribution in [3.8, 4) is 0 Å². The van der Waals surface area contributed by atoms with Crippen molar-refractivity contribution in [1.82, 2.24) is 9.88 Å². The van der Waals surface area contributed by atoms with Gasteiger partial charge in [0.25, 0.3) is 0 Å². The van der Waals surface area contributed by atoms with Gasteiger partial charge in [0.1, 0.15) is 0 Å². The number of fused-ring (bicyclic) bond motifs is 1. The molecule has 0 atom stereocenters. The molecule has 1 aromatic carbocycles. The Morgan fingerprint density at radius 2 is 1.90 bits per heavy atom. The van der Waals surface area contributed by atoms with Gasteiger partial charge in [0, 0.05) is 30.6 Å². The third-order valence-corrected chi connectivity index (χ3v) is 3.61. The Kier molecular flexibility index (Phi) is 4.72. The predicted octanol–water partition coefficient (Wildman–Crippen LogP) is 3.34. The van der Waals surface area contributed by atoms with Crippen LogP contribution in [0.3, 0.4) is 0 Å². The number of carbonyl (C=O) groups excluding carboxylic acids is 1. The van der Waals surface area contributed by atoms with Gasteiger partial charge in [0.05, 0.1) is 5.52 Å². The number of rotatable bonds is 5. The van der Waals surface area contributed by atoms with E-state index in [1.165, 1.54) is 5.56 Å².